The first-order chi connectivity index (χ1) is 8.76. The lowest BCUT2D eigenvalue weighted by Gasteiger charge is -2.27. The fourth-order valence-electron chi connectivity index (χ4n) is 2.21. The Labute approximate surface area is 112 Å². The molecule has 8 heteroatoms. The summed E-state index contributed by atoms with van der Waals surface area (Å²) in [5.41, 5.74) is -0.990. The fraction of sp³-hybridized carbons (Fsp3) is 0.818. The SMILES string of the molecule is O=C(CCl)C1(CNC(=O)C(F)(F)C(F)F)CCCC1. The van der Waals surface area contributed by atoms with Gasteiger partial charge in [-0.15, -0.1) is 11.6 Å². The van der Waals surface area contributed by atoms with Gasteiger partial charge in [0, 0.05) is 12.0 Å². The number of halogens is 5. The predicted molar refractivity (Wildman–Crippen MR) is 60.6 cm³/mol. The van der Waals surface area contributed by atoms with Crippen molar-refractivity contribution in [1.29, 1.82) is 0 Å². The molecule has 0 atom stereocenters. The molecular weight excluding hydrogens is 290 g/mol. The monoisotopic (exact) mass is 303 g/mol. The van der Waals surface area contributed by atoms with E-state index in [4.69, 9.17) is 11.6 Å². The zero-order valence-corrected chi connectivity index (χ0v) is 10.8. The van der Waals surface area contributed by atoms with E-state index < -0.39 is 23.7 Å². The average molecular weight is 304 g/mol. The van der Waals surface area contributed by atoms with Crippen molar-refractivity contribution in [2.75, 3.05) is 12.4 Å². The van der Waals surface area contributed by atoms with Gasteiger partial charge in [-0.05, 0) is 12.8 Å². The van der Waals surface area contributed by atoms with Crippen LogP contribution in [0.1, 0.15) is 25.7 Å². The molecule has 0 spiro atoms. The number of carbonyl (C=O) groups is 2. The second-order valence-electron chi connectivity index (χ2n) is 4.65. The van der Waals surface area contributed by atoms with Gasteiger partial charge in [0.2, 0.25) is 0 Å². The van der Waals surface area contributed by atoms with Gasteiger partial charge >= 0.3 is 12.3 Å². The van der Waals surface area contributed by atoms with Crippen molar-refractivity contribution in [3.8, 4) is 0 Å². The molecule has 1 aliphatic rings. The zero-order valence-electron chi connectivity index (χ0n) is 10.0. The molecule has 19 heavy (non-hydrogen) atoms. The Morgan fingerprint density at radius 2 is 1.79 bits per heavy atom. The van der Waals surface area contributed by atoms with Crippen molar-refractivity contribution < 1.29 is 27.2 Å². The maximum atomic E-state index is 12.7. The Hall–Kier alpha value is -0.850. The lowest BCUT2D eigenvalue weighted by Crippen LogP contribution is -2.50. The molecule has 0 aromatic heterocycles. The molecule has 0 unspecified atom stereocenters. The van der Waals surface area contributed by atoms with Crippen LogP contribution in [0.3, 0.4) is 0 Å². The van der Waals surface area contributed by atoms with Crippen molar-refractivity contribution in [3.05, 3.63) is 0 Å². The van der Waals surface area contributed by atoms with E-state index in [1.807, 2.05) is 0 Å². The summed E-state index contributed by atoms with van der Waals surface area (Å²) in [6.45, 7) is -0.375. The first-order valence-electron chi connectivity index (χ1n) is 5.80. The molecule has 0 aromatic rings. The zero-order chi connectivity index (χ0) is 14.7. The van der Waals surface area contributed by atoms with Crippen LogP contribution in [0.15, 0.2) is 0 Å². The lowest BCUT2D eigenvalue weighted by molar-refractivity contribution is -0.169. The lowest BCUT2D eigenvalue weighted by atomic mass is 9.82. The number of rotatable bonds is 6. The van der Waals surface area contributed by atoms with Gasteiger partial charge in [-0.1, -0.05) is 12.8 Å². The first kappa shape index (κ1) is 16.2. The summed E-state index contributed by atoms with van der Waals surface area (Å²) in [7, 11) is 0. The second-order valence-corrected chi connectivity index (χ2v) is 4.92. The van der Waals surface area contributed by atoms with Crippen LogP contribution in [0.4, 0.5) is 17.6 Å². The van der Waals surface area contributed by atoms with Gasteiger partial charge in [0.15, 0.2) is 5.78 Å². The second kappa shape index (κ2) is 6.07. The normalized spacial score (nSPS) is 18.6. The van der Waals surface area contributed by atoms with Gasteiger partial charge in [0.05, 0.1) is 5.88 Å². The van der Waals surface area contributed by atoms with Crippen LogP contribution in [0.2, 0.25) is 0 Å². The van der Waals surface area contributed by atoms with Crippen molar-refractivity contribution in [2.24, 2.45) is 5.41 Å². The quantitative estimate of drug-likeness (QED) is 0.605. The maximum Gasteiger partial charge on any atom is 0.383 e. The molecule has 1 fully saturated rings. The topological polar surface area (TPSA) is 46.2 Å². The molecule has 3 nitrogen and oxygen atoms in total. The van der Waals surface area contributed by atoms with Gasteiger partial charge in [-0.3, -0.25) is 9.59 Å². The highest BCUT2D eigenvalue weighted by atomic mass is 35.5. The Balaban J connectivity index is 2.68. The molecule has 0 aliphatic heterocycles. The van der Waals surface area contributed by atoms with Gasteiger partial charge in [0.1, 0.15) is 0 Å². The van der Waals surface area contributed by atoms with E-state index in [2.05, 4.69) is 0 Å². The maximum absolute atomic E-state index is 12.7. The summed E-state index contributed by atoms with van der Waals surface area (Å²) in [6, 6.07) is 0. The van der Waals surface area contributed by atoms with E-state index in [9.17, 15) is 27.2 Å². The summed E-state index contributed by atoms with van der Waals surface area (Å²) in [4.78, 5) is 22.7. The Bertz CT molecular complexity index is 357. The summed E-state index contributed by atoms with van der Waals surface area (Å²) in [5.74, 6) is -7.45. The van der Waals surface area contributed by atoms with E-state index in [0.717, 1.165) is 0 Å². The number of alkyl halides is 5. The van der Waals surface area contributed by atoms with E-state index in [-0.39, 0.29) is 18.2 Å². The number of amides is 1. The van der Waals surface area contributed by atoms with E-state index in [1.54, 1.807) is 5.32 Å². The molecule has 1 aliphatic carbocycles. The number of carbonyl (C=O) groups excluding carboxylic acids is 2. The molecule has 0 saturated heterocycles. The number of Topliss-reactive ketones (excluding diaryl/α,β-unsaturated/α-hetero) is 1. The number of ketones is 1. The van der Waals surface area contributed by atoms with E-state index in [0.29, 0.717) is 25.7 Å². The largest absolute Gasteiger partial charge is 0.383 e. The van der Waals surface area contributed by atoms with Crippen molar-refractivity contribution >= 4 is 23.3 Å². The van der Waals surface area contributed by atoms with Crippen LogP contribution in [-0.4, -0.2) is 36.5 Å². The van der Waals surface area contributed by atoms with Crippen LogP contribution >= 0.6 is 11.6 Å². The molecule has 1 amide bonds. The Kier molecular flexibility index (Phi) is 5.18. The molecule has 110 valence electrons. The smallest absolute Gasteiger partial charge is 0.350 e. The minimum atomic E-state index is -4.75. The van der Waals surface area contributed by atoms with E-state index in [1.165, 1.54) is 0 Å². The van der Waals surface area contributed by atoms with Crippen molar-refractivity contribution in [3.63, 3.8) is 0 Å². The van der Waals surface area contributed by atoms with Crippen molar-refractivity contribution in [1.82, 2.24) is 5.32 Å². The Morgan fingerprint density at radius 1 is 1.26 bits per heavy atom. The minimum absolute atomic E-state index is 0.291. The molecule has 0 heterocycles. The molecule has 1 rings (SSSR count). The molecule has 1 saturated carbocycles. The minimum Gasteiger partial charge on any atom is -0.350 e. The van der Waals surface area contributed by atoms with Crippen LogP contribution in [0.5, 0.6) is 0 Å². The van der Waals surface area contributed by atoms with Crippen molar-refractivity contribution in [2.45, 2.75) is 38.0 Å². The van der Waals surface area contributed by atoms with Crippen LogP contribution in [0, 0.1) is 5.41 Å². The first-order valence-corrected chi connectivity index (χ1v) is 6.33. The standard InChI is InChI=1S/C11H14ClF4NO2/c12-5-7(18)10(3-1-2-4-10)6-17-9(19)11(15,16)8(13)14/h8H,1-6H2,(H,17,19). The number of hydrogen-bond donors (Lipinski definition) is 1. The highest BCUT2D eigenvalue weighted by molar-refractivity contribution is 6.28. The molecule has 1 N–H and O–H groups in total. The highest BCUT2D eigenvalue weighted by Gasteiger charge is 2.50. The third-order valence-electron chi connectivity index (χ3n) is 3.44. The molecule has 0 radical (unpaired) electrons. The fourth-order valence-corrected chi connectivity index (χ4v) is 2.50. The molecular formula is C11H14ClF4NO2. The predicted octanol–water partition coefficient (Wildman–Crippen LogP) is 2.37. The van der Waals surface area contributed by atoms with Gasteiger partial charge < -0.3 is 5.32 Å². The number of nitrogens with one attached hydrogen (secondary N) is 1. The van der Waals surface area contributed by atoms with Gasteiger partial charge in [0.25, 0.3) is 5.91 Å². The number of hydrogen-bond acceptors (Lipinski definition) is 2. The van der Waals surface area contributed by atoms with E-state index >= 15 is 0 Å². The molecule has 0 bridgehead atoms. The summed E-state index contributed by atoms with van der Waals surface area (Å²) in [6.07, 6.45) is -1.82. The molecule has 0 aromatic carbocycles. The average Bonchev–Trinajstić information content (AvgIpc) is 2.84. The van der Waals surface area contributed by atoms with Crippen LogP contribution in [-0.2, 0) is 9.59 Å². The Morgan fingerprint density at radius 3 is 2.21 bits per heavy atom. The third kappa shape index (κ3) is 3.38. The van der Waals surface area contributed by atoms with Gasteiger partial charge in [-0.2, -0.15) is 8.78 Å². The third-order valence-corrected chi connectivity index (χ3v) is 3.68. The summed E-state index contributed by atoms with van der Waals surface area (Å²) >= 11 is 5.45. The summed E-state index contributed by atoms with van der Waals surface area (Å²) < 4.78 is 49.5. The van der Waals surface area contributed by atoms with Crippen LogP contribution < -0.4 is 5.32 Å². The summed E-state index contributed by atoms with van der Waals surface area (Å²) in [5, 5.41) is 1.75. The van der Waals surface area contributed by atoms with Gasteiger partial charge in [-0.25, -0.2) is 8.78 Å². The highest BCUT2D eigenvalue weighted by Crippen LogP contribution is 2.39. The van der Waals surface area contributed by atoms with Crippen LogP contribution in [0.25, 0.3) is 0 Å².